The minimum absolute atomic E-state index is 0.300. The summed E-state index contributed by atoms with van der Waals surface area (Å²) < 4.78 is 31.7. The molecule has 0 aliphatic carbocycles. The Hall–Kier alpha value is -2.12. The molecule has 98 valence electrons. The van der Waals surface area contributed by atoms with E-state index in [2.05, 4.69) is 4.98 Å². The van der Waals surface area contributed by atoms with E-state index in [0.29, 0.717) is 18.9 Å². The van der Waals surface area contributed by atoms with Crippen LogP contribution in [-0.4, -0.2) is 41.1 Å². The Balaban J connectivity index is 0.000000203. The maximum Gasteiger partial charge on any atom is 0.490 e. The second-order valence-corrected chi connectivity index (χ2v) is 3.41. The molecule has 8 heteroatoms. The van der Waals surface area contributed by atoms with Gasteiger partial charge < -0.3 is 10.0 Å². The van der Waals surface area contributed by atoms with Crippen LogP contribution in [0.25, 0.3) is 0 Å². The minimum atomic E-state index is -5.08. The maximum absolute atomic E-state index is 10.6. The number of nitrogens with zero attached hydrogens (tertiary/aromatic N) is 2. The molecular formula is C10H9F3N2O3. The Morgan fingerprint density at radius 3 is 2.28 bits per heavy atom. The van der Waals surface area contributed by atoms with Crippen LogP contribution < -0.4 is 4.90 Å². The van der Waals surface area contributed by atoms with Crippen molar-refractivity contribution in [3.8, 4) is 0 Å². The Morgan fingerprint density at radius 2 is 1.94 bits per heavy atom. The smallest absolute Gasteiger partial charge is 0.475 e. The predicted octanol–water partition coefficient (Wildman–Crippen LogP) is 1.10. The molecule has 2 heterocycles. The van der Waals surface area contributed by atoms with Crippen LogP contribution in [0.5, 0.6) is 0 Å². The fourth-order valence-corrected chi connectivity index (χ4v) is 1.10. The van der Waals surface area contributed by atoms with Gasteiger partial charge >= 0.3 is 12.1 Å². The van der Waals surface area contributed by atoms with Crippen molar-refractivity contribution >= 4 is 17.4 Å². The molecule has 0 radical (unpaired) electrons. The van der Waals surface area contributed by atoms with E-state index in [1.807, 2.05) is 17.0 Å². The summed E-state index contributed by atoms with van der Waals surface area (Å²) >= 11 is 0. The number of carboxylic acids is 1. The highest BCUT2D eigenvalue weighted by molar-refractivity contribution is 5.95. The van der Waals surface area contributed by atoms with Gasteiger partial charge in [0, 0.05) is 6.20 Å². The van der Waals surface area contributed by atoms with E-state index >= 15 is 0 Å². The van der Waals surface area contributed by atoms with Gasteiger partial charge in [0.1, 0.15) is 0 Å². The van der Waals surface area contributed by atoms with Gasteiger partial charge in [-0.25, -0.2) is 4.79 Å². The fraction of sp³-hybridized carbons (Fsp3) is 0.300. The summed E-state index contributed by atoms with van der Waals surface area (Å²) in [6.07, 6.45) is -1.59. The van der Waals surface area contributed by atoms with Crippen LogP contribution in [0.1, 0.15) is 0 Å². The maximum atomic E-state index is 10.6. The Kier molecular flexibility index (Phi) is 4.24. The molecule has 0 aromatic carbocycles. The van der Waals surface area contributed by atoms with Crippen molar-refractivity contribution in [2.75, 3.05) is 18.0 Å². The van der Waals surface area contributed by atoms with Crippen LogP contribution in [0.4, 0.5) is 18.9 Å². The number of hydrogen-bond donors (Lipinski definition) is 1. The lowest BCUT2D eigenvalue weighted by Crippen LogP contribution is -2.47. The average Bonchev–Trinajstić information content (AvgIpc) is 2.25. The van der Waals surface area contributed by atoms with Gasteiger partial charge in [0.05, 0.1) is 25.0 Å². The van der Waals surface area contributed by atoms with Gasteiger partial charge in [-0.15, -0.1) is 0 Å². The molecule has 0 spiro atoms. The van der Waals surface area contributed by atoms with E-state index < -0.39 is 12.1 Å². The molecule has 0 atom stereocenters. The number of aromatic nitrogens is 1. The van der Waals surface area contributed by atoms with Gasteiger partial charge in [-0.2, -0.15) is 13.2 Å². The van der Waals surface area contributed by atoms with Crippen LogP contribution in [0.2, 0.25) is 0 Å². The number of rotatable bonds is 1. The van der Waals surface area contributed by atoms with Crippen LogP contribution in [-0.2, 0) is 9.59 Å². The topological polar surface area (TPSA) is 70.5 Å². The molecule has 0 amide bonds. The predicted molar refractivity (Wildman–Crippen MR) is 55.1 cm³/mol. The Bertz CT molecular complexity index is 426. The number of aliphatic carboxylic acids is 1. The molecule has 2 rings (SSSR count). The normalized spacial score (nSPS) is 14.4. The molecule has 1 aliphatic rings. The van der Waals surface area contributed by atoms with E-state index in [1.54, 1.807) is 12.4 Å². The number of halogens is 3. The number of Topliss-reactive ketones (excluding diaryl/α,β-unsaturated/α-hetero) is 1. The van der Waals surface area contributed by atoms with E-state index in [1.165, 1.54) is 0 Å². The van der Waals surface area contributed by atoms with E-state index in [-0.39, 0.29) is 0 Å². The van der Waals surface area contributed by atoms with Crippen molar-refractivity contribution < 1.29 is 27.9 Å². The third-order valence-corrected chi connectivity index (χ3v) is 1.99. The average molecular weight is 262 g/mol. The highest BCUT2D eigenvalue weighted by Crippen LogP contribution is 2.15. The quantitative estimate of drug-likeness (QED) is 0.820. The van der Waals surface area contributed by atoms with Gasteiger partial charge in [0.2, 0.25) is 0 Å². The number of carbonyl (C=O) groups is 2. The van der Waals surface area contributed by atoms with Crippen LogP contribution >= 0.6 is 0 Å². The van der Waals surface area contributed by atoms with Crippen LogP contribution in [0.3, 0.4) is 0 Å². The molecule has 5 nitrogen and oxygen atoms in total. The Labute approximate surface area is 99.8 Å². The van der Waals surface area contributed by atoms with Gasteiger partial charge in [-0.05, 0) is 12.1 Å². The molecule has 0 unspecified atom stereocenters. The van der Waals surface area contributed by atoms with Gasteiger partial charge in [0.25, 0.3) is 0 Å². The zero-order valence-corrected chi connectivity index (χ0v) is 9.02. The van der Waals surface area contributed by atoms with Gasteiger partial charge in [0.15, 0.2) is 5.78 Å². The first kappa shape index (κ1) is 13.9. The lowest BCUT2D eigenvalue weighted by atomic mass is 10.2. The largest absolute Gasteiger partial charge is 0.490 e. The number of carboxylic acid groups (broad SMARTS) is 1. The number of hydrogen-bond acceptors (Lipinski definition) is 4. The molecule has 0 saturated carbocycles. The van der Waals surface area contributed by atoms with Crippen LogP contribution in [0.15, 0.2) is 24.5 Å². The van der Waals surface area contributed by atoms with Crippen molar-refractivity contribution in [3.05, 3.63) is 24.5 Å². The summed E-state index contributed by atoms with van der Waals surface area (Å²) in [5, 5.41) is 7.12. The molecule has 18 heavy (non-hydrogen) atoms. The van der Waals surface area contributed by atoms with Gasteiger partial charge in [-0.3, -0.25) is 9.78 Å². The second kappa shape index (κ2) is 5.48. The molecule has 0 bridgehead atoms. The summed E-state index contributed by atoms with van der Waals surface area (Å²) in [6, 6.07) is 3.83. The summed E-state index contributed by atoms with van der Waals surface area (Å²) in [5.41, 5.74) is 1.03. The van der Waals surface area contributed by atoms with Crippen LogP contribution in [0, 0.1) is 0 Å². The lowest BCUT2D eigenvalue weighted by molar-refractivity contribution is -0.192. The fourth-order valence-electron chi connectivity index (χ4n) is 1.10. The zero-order valence-electron chi connectivity index (χ0n) is 9.02. The second-order valence-electron chi connectivity index (χ2n) is 3.41. The SMILES string of the molecule is O=C(O)C(F)(F)F.O=C1CN(c2cccnc2)C1. The summed E-state index contributed by atoms with van der Waals surface area (Å²) in [6.45, 7) is 1.09. The third kappa shape index (κ3) is 4.04. The van der Waals surface area contributed by atoms with E-state index in [4.69, 9.17) is 9.90 Å². The summed E-state index contributed by atoms with van der Waals surface area (Å²) in [7, 11) is 0. The van der Waals surface area contributed by atoms with Crippen molar-refractivity contribution in [1.29, 1.82) is 0 Å². The highest BCUT2D eigenvalue weighted by atomic mass is 19.4. The number of alkyl halides is 3. The monoisotopic (exact) mass is 262 g/mol. The molecule has 1 saturated heterocycles. The summed E-state index contributed by atoms with van der Waals surface area (Å²) in [4.78, 5) is 25.5. The molecule has 1 aromatic heterocycles. The first-order valence-electron chi connectivity index (χ1n) is 4.77. The first-order valence-corrected chi connectivity index (χ1v) is 4.77. The number of carbonyl (C=O) groups excluding carboxylic acids is 1. The standard InChI is InChI=1S/C8H8N2O.C2HF3O2/c11-8-5-10(6-8)7-2-1-3-9-4-7;3-2(4,5)1(6)7/h1-4H,5-6H2;(H,6,7). The molecular weight excluding hydrogens is 253 g/mol. The van der Waals surface area contributed by atoms with Gasteiger partial charge in [-0.1, -0.05) is 0 Å². The van der Waals surface area contributed by atoms with E-state index in [9.17, 15) is 18.0 Å². The first-order chi connectivity index (χ1) is 8.30. The third-order valence-electron chi connectivity index (χ3n) is 1.99. The van der Waals surface area contributed by atoms with Crippen molar-refractivity contribution in [1.82, 2.24) is 4.98 Å². The Morgan fingerprint density at radius 1 is 1.39 bits per heavy atom. The minimum Gasteiger partial charge on any atom is -0.475 e. The highest BCUT2D eigenvalue weighted by Gasteiger charge is 2.38. The number of anilines is 1. The van der Waals surface area contributed by atoms with Crippen molar-refractivity contribution in [2.24, 2.45) is 0 Å². The van der Waals surface area contributed by atoms with Crippen molar-refractivity contribution in [2.45, 2.75) is 6.18 Å². The summed E-state index contributed by atoms with van der Waals surface area (Å²) in [5.74, 6) is -2.46. The molecule has 1 aliphatic heterocycles. The lowest BCUT2D eigenvalue weighted by Gasteiger charge is -2.30. The van der Waals surface area contributed by atoms with E-state index in [0.717, 1.165) is 5.69 Å². The number of ketones is 1. The number of pyridine rings is 1. The molecule has 1 N–H and O–H groups in total. The van der Waals surface area contributed by atoms with Crippen molar-refractivity contribution in [3.63, 3.8) is 0 Å². The zero-order chi connectivity index (χ0) is 13.8. The molecule has 1 fully saturated rings. The molecule has 1 aromatic rings.